The van der Waals surface area contributed by atoms with Crippen LogP contribution < -0.4 is 15.2 Å². The summed E-state index contributed by atoms with van der Waals surface area (Å²) in [6.07, 6.45) is 4.02. The summed E-state index contributed by atoms with van der Waals surface area (Å²) in [7, 11) is -2.32. The first-order valence-corrected chi connectivity index (χ1v) is 9.66. The summed E-state index contributed by atoms with van der Waals surface area (Å²) in [4.78, 5) is 4.64. The van der Waals surface area contributed by atoms with E-state index in [1.54, 1.807) is 12.4 Å². The number of sulfonamides is 1. The van der Waals surface area contributed by atoms with Crippen LogP contribution >= 0.6 is 12.2 Å². The molecule has 0 bridgehead atoms. The number of methoxy groups -OCH3 is 1. The van der Waals surface area contributed by atoms with Crippen molar-refractivity contribution in [3.8, 4) is 5.75 Å². The number of nitrogens with two attached hydrogens (primary N) is 1. The number of ether oxygens (including phenoxy) is 1. The standard InChI is InChI=1S/C18H17N3O3S2/c1-24-17-6-5-14(26(19,22)23)10-16(17)21-18(25)9-12-3-2-4-13-11-20-8-7-15(12)13/h2-8,10-11H,9H2,1H3,(H,21,25)(H2,19,22,23). The molecule has 134 valence electrons. The molecule has 1 aromatic heterocycles. The van der Waals surface area contributed by atoms with Gasteiger partial charge in [-0.25, -0.2) is 13.6 Å². The highest BCUT2D eigenvalue weighted by atomic mass is 32.2. The largest absolute Gasteiger partial charge is 0.495 e. The highest BCUT2D eigenvalue weighted by Crippen LogP contribution is 2.28. The van der Waals surface area contributed by atoms with Crippen LogP contribution in [0.1, 0.15) is 5.56 Å². The van der Waals surface area contributed by atoms with E-state index in [1.807, 2.05) is 24.3 Å². The maximum Gasteiger partial charge on any atom is 0.238 e. The highest BCUT2D eigenvalue weighted by molar-refractivity contribution is 7.89. The van der Waals surface area contributed by atoms with Gasteiger partial charge < -0.3 is 10.1 Å². The number of nitrogens with zero attached hydrogens (tertiary/aromatic N) is 1. The molecule has 0 radical (unpaired) electrons. The molecule has 0 atom stereocenters. The van der Waals surface area contributed by atoms with E-state index in [9.17, 15) is 8.42 Å². The average Bonchev–Trinajstić information content (AvgIpc) is 2.61. The summed E-state index contributed by atoms with van der Waals surface area (Å²) in [6, 6.07) is 12.2. The Morgan fingerprint density at radius 3 is 2.81 bits per heavy atom. The molecule has 6 nitrogen and oxygen atoms in total. The van der Waals surface area contributed by atoms with Gasteiger partial charge in [0.05, 0.1) is 22.7 Å². The van der Waals surface area contributed by atoms with Gasteiger partial charge in [0, 0.05) is 24.2 Å². The number of anilines is 1. The summed E-state index contributed by atoms with van der Waals surface area (Å²) in [5.74, 6) is 0.474. The van der Waals surface area contributed by atoms with Crippen LogP contribution in [0, 0.1) is 0 Å². The van der Waals surface area contributed by atoms with Crippen LogP contribution in [0.5, 0.6) is 5.75 Å². The zero-order valence-corrected chi connectivity index (χ0v) is 15.6. The number of nitrogens with one attached hydrogen (secondary N) is 1. The second kappa shape index (κ2) is 7.36. The number of primary sulfonamides is 1. The Morgan fingerprint density at radius 2 is 2.08 bits per heavy atom. The normalized spacial score (nSPS) is 11.3. The van der Waals surface area contributed by atoms with Gasteiger partial charge in [0.2, 0.25) is 10.0 Å². The van der Waals surface area contributed by atoms with Crippen LogP contribution in [0.2, 0.25) is 0 Å². The summed E-state index contributed by atoms with van der Waals surface area (Å²) in [5.41, 5.74) is 1.50. The van der Waals surface area contributed by atoms with Gasteiger partial charge in [0.25, 0.3) is 0 Å². The molecule has 0 amide bonds. The van der Waals surface area contributed by atoms with E-state index in [0.717, 1.165) is 16.3 Å². The third-order valence-corrected chi connectivity index (χ3v) is 5.05. The quantitative estimate of drug-likeness (QED) is 0.654. The number of hydrogen-bond donors (Lipinski definition) is 2. The minimum atomic E-state index is -3.82. The Morgan fingerprint density at radius 1 is 1.27 bits per heavy atom. The minimum Gasteiger partial charge on any atom is -0.495 e. The molecule has 2 aromatic carbocycles. The van der Waals surface area contributed by atoms with Crippen molar-refractivity contribution in [2.45, 2.75) is 11.3 Å². The molecule has 8 heteroatoms. The average molecular weight is 387 g/mol. The van der Waals surface area contributed by atoms with E-state index in [2.05, 4.69) is 10.3 Å². The molecule has 0 aliphatic heterocycles. The van der Waals surface area contributed by atoms with E-state index in [4.69, 9.17) is 22.1 Å². The topological polar surface area (TPSA) is 94.3 Å². The number of aromatic nitrogens is 1. The van der Waals surface area contributed by atoms with Crippen molar-refractivity contribution in [3.63, 3.8) is 0 Å². The van der Waals surface area contributed by atoms with Crippen molar-refractivity contribution >= 4 is 43.7 Å². The van der Waals surface area contributed by atoms with Gasteiger partial charge in [0.15, 0.2) is 0 Å². The smallest absolute Gasteiger partial charge is 0.238 e. The number of thiocarbonyl (C=S) groups is 1. The molecule has 1 heterocycles. The molecule has 0 unspecified atom stereocenters. The number of benzene rings is 2. The lowest BCUT2D eigenvalue weighted by Crippen LogP contribution is -2.15. The van der Waals surface area contributed by atoms with Gasteiger partial charge in [-0.05, 0) is 35.2 Å². The zero-order chi connectivity index (χ0) is 18.7. The molecule has 3 aromatic rings. The highest BCUT2D eigenvalue weighted by Gasteiger charge is 2.13. The number of pyridine rings is 1. The zero-order valence-electron chi connectivity index (χ0n) is 14.0. The van der Waals surface area contributed by atoms with Crippen molar-refractivity contribution in [2.24, 2.45) is 5.14 Å². The fourth-order valence-electron chi connectivity index (χ4n) is 2.67. The molecule has 3 N–H and O–H groups in total. The van der Waals surface area contributed by atoms with Gasteiger partial charge in [0.1, 0.15) is 5.75 Å². The first-order valence-electron chi connectivity index (χ1n) is 7.71. The molecule has 0 aliphatic carbocycles. The van der Waals surface area contributed by atoms with Gasteiger partial charge in [-0.3, -0.25) is 4.98 Å². The van der Waals surface area contributed by atoms with Gasteiger partial charge in [-0.2, -0.15) is 0 Å². The maximum absolute atomic E-state index is 11.6. The number of fused-ring (bicyclic) bond motifs is 1. The Hall–Kier alpha value is -2.55. The van der Waals surface area contributed by atoms with Gasteiger partial charge >= 0.3 is 0 Å². The molecule has 0 aliphatic rings. The third kappa shape index (κ3) is 3.98. The molecule has 0 saturated carbocycles. The SMILES string of the molecule is COc1ccc(S(N)(=O)=O)cc1NC(=S)Cc1cccc2cnccc12. The molecule has 26 heavy (non-hydrogen) atoms. The van der Waals surface area contributed by atoms with Crippen LogP contribution in [0.15, 0.2) is 59.8 Å². The van der Waals surface area contributed by atoms with Crippen LogP contribution in [-0.2, 0) is 16.4 Å². The van der Waals surface area contributed by atoms with Gasteiger partial charge in [-0.15, -0.1) is 0 Å². The Bertz CT molecular complexity index is 1080. The van der Waals surface area contributed by atoms with E-state index in [-0.39, 0.29) is 4.90 Å². The Labute approximate surface area is 157 Å². The molecule has 3 rings (SSSR count). The van der Waals surface area contributed by atoms with Crippen molar-refractivity contribution in [1.82, 2.24) is 4.98 Å². The summed E-state index contributed by atoms with van der Waals surface area (Å²) in [6.45, 7) is 0. The van der Waals surface area contributed by atoms with Crippen LogP contribution in [0.4, 0.5) is 5.69 Å². The molecular weight excluding hydrogens is 370 g/mol. The van der Waals surface area contributed by atoms with Crippen molar-refractivity contribution in [1.29, 1.82) is 0 Å². The number of rotatable bonds is 5. The van der Waals surface area contributed by atoms with Crippen molar-refractivity contribution in [3.05, 3.63) is 60.4 Å². The van der Waals surface area contributed by atoms with Crippen LogP contribution in [0.3, 0.4) is 0 Å². The van der Waals surface area contributed by atoms with Crippen LogP contribution in [0.25, 0.3) is 10.8 Å². The lowest BCUT2D eigenvalue weighted by Gasteiger charge is -2.14. The molecular formula is C18H17N3O3S2. The fraction of sp³-hybridized carbons (Fsp3) is 0.111. The van der Waals surface area contributed by atoms with Gasteiger partial charge in [-0.1, -0.05) is 30.4 Å². The van der Waals surface area contributed by atoms with Crippen molar-refractivity contribution in [2.75, 3.05) is 12.4 Å². The lowest BCUT2D eigenvalue weighted by molar-refractivity contribution is 0.416. The maximum atomic E-state index is 11.6. The predicted molar refractivity (Wildman–Crippen MR) is 106 cm³/mol. The summed E-state index contributed by atoms with van der Waals surface area (Å²) in [5, 5.41) is 10.4. The lowest BCUT2D eigenvalue weighted by atomic mass is 10.0. The Balaban J connectivity index is 1.88. The summed E-state index contributed by atoms with van der Waals surface area (Å²) < 4.78 is 28.4. The second-order valence-corrected chi connectivity index (χ2v) is 7.70. The van der Waals surface area contributed by atoms with Crippen LogP contribution in [-0.4, -0.2) is 25.5 Å². The number of hydrogen-bond acceptors (Lipinski definition) is 5. The minimum absolute atomic E-state index is 0.0140. The monoisotopic (exact) mass is 387 g/mol. The third-order valence-electron chi connectivity index (χ3n) is 3.90. The predicted octanol–water partition coefficient (Wildman–Crippen LogP) is 2.87. The molecule has 0 fully saturated rings. The molecule has 0 spiro atoms. The Kier molecular flexibility index (Phi) is 5.17. The fourth-order valence-corrected chi connectivity index (χ4v) is 3.48. The van der Waals surface area contributed by atoms with Crippen molar-refractivity contribution < 1.29 is 13.2 Å². The van der Waals surface area contributed by atoms with E-state index < -0.39 is 10.0 Å². The second-order valence-electron chi connectivity index (χ2n) is 5.65. The van der Waals surface area contributed by atoms with E-state index >= 15 is 0 Å². The van der Waals surface area contributed by atoms with E-state index in [0.29, 0.717) is 22.8 Å². The summed E-state index contributed by atoms with van der Waals surface area (Å²) >= 11 is 5.46. The molecule has 0 saturated heterocycles. The first-order chi connectivity index (χ1) is 12.4. The first kappa shape index (κ1) is 18.2. The van der Waals surface area contributed by atoms with E-state index in [1.165, 1.54) is 25.3 Å².